The maximum absolute atomic E-state index is 11.7. The second-order valence-corrected chi connectivity index (χ2v) is 6.63. The van der Waals surface area contributed by atoms with Crippen LogP contribution < -0.4 is 10.6 Å². The van der Waals surface area contributed by atoms with Crippen LogP contribution in [0.25, 0.3) is 0 Å². The van der Waals surface area contributed by atoms with Crippen LogP contribution in [0.4, 0.5) is 0 Å². The van der Waals surface area contributed by atoms with Crippen LogP contribution in [0.3, 0.4) is 0 Å². The highest BCUT2D eigenvalue weighted by molar-refractivity contribution is 7.98. The zero-order valence-corrected chi connectivity index (χ0v) is 14.0. The molecule has 0 aromatic carbocycles. The summed E-state index contributed by atoms with van der Waals surface area (Å²) >= 11 is 1.74. The van der Waals surface area contributed by atoms with E-state index in [1.54, 1.807) is 25.6 Å². The molecule has 0 aliphatic carbocycles. The molecule has 0 radical (unpaired) electrons. The van der Waals surface area contributed by atoms with Crippen LogP contribution in [0.15, 0.2) is 0 Å². The van der Waals surface area contributed by atoms with Crippen LogP contribution in [-0.4, -0.2) is 59.8 Å². The smallest absolute Gasteiger partial charge is 0.249 e. The predicted molar refractivity (Wildman–Crippen MR) is 85.1 cm³/mol. The fourth-order valence-electron chi connectivity index (χ4n) is 1.53. The van der Waals surface area contributed by atoms with E-state index in [-0.39, 0.29) is 12.5 Å². The fourth-order valence-corrected chi connectivity index (χ4v) is 1.96. The van der Waals surface area contributed by atoms with Gasteiger partial charge in [-0.05, 0) is 24.9 Å². The number of hydrogen-bond acceptors (Lipinski definition) is 5. The summed E-state index contributed by atoms with van der Waals surface area (Å²) in [5.74, 6) is 0.477. The van der Waals surface area contributed by atoms with Gasteiger partial charge in [0.25, 0.3) is 0 Å². The summed E-state index contributed by atoms with van der Waals surface area (Å²) in [6.45, 7) is 3.95. The first kappa shape index (κ1) is 20.2. The van der Waals surface area contributed by atoms with Gasteiger partial charge in [-0.3, -0.25) is 9.59 Å². The number of carbonyl (C=O) groups is 2. The van der Waals surface area contributed by atoms with Crippen LogP contribution in [-0.2, 0) is 9.59 Å². The van der Waals surface area contributed by atoms with Crippen LogP contribution in [0, 0.1) is 5.41 Å². The standard InChI is InChI=1S/C14H28N2O4S/c1-14(2,10-17)12(19)13(20)16-7-4-6-11(18)15-8-5-9-21-3/h12,17,19H,4-10H2,1-3H3,(H,15,18)(H,16,20)/t12-/m0/s1. The third-order valence-corrected chi connectivity index (χ3v) is 3.82. The van der Waals surface area contributed by atoms with E-state index in [0.29, 0.717) is 25.9 Å². The van der Waals surface area contributed by atoms with E-state index < -0.39 is 17.4 Å². The first-order chi connectivity index (χ1) is 9.85. The van der Waals surface area contributed by atoms with Gasteiger partial charge in [0, 0.05) is 24.9 Å². The number of carbonyl (C=O) groups excluding carboxylic acids is 2. The summed E-state index contributed by atoms with van der Waals surface area (Å²) in [5, 5.41) is 24.2. The van der Waals surface area contributed by atoms with Crippen molar-refractivity contribution < 1.29 is 19.8 Å². The first-order valence-electron chi connectivity index (χ1n) is 7.17. The number of rotatable bonds is 11. The van der Waals surface area contributed by atoms with Crippen LogP contribution in [0.2, 0.25) is 0 Å². The summed E-state index contributed by atoms with van der Waals surface area (Å²) in [6, 6.07) is 0. The van der Waals surface area contributed by atoms with Crippen molar-refractivity contribution in [3.8, 4) is 0 Å². The quantitative estimate of drug-likeness (QED) is 0.406. The molecular weight excluding hydrogens is 292 g/mol. The van der Waals surface area contributed by atoms with Crippen molar-refractivity contribution in [3.05, 3.63) is 0 Å². The molecule has 6 nitrogen and oxygen atoms in total. The summed E-state index contributed by atoms with van der Waals surface area (Å²) in [5.41, 5.74) is -0.876. The molecule has 0 spiro atoms. The van der Waals surface area contributed by atoms with Gasteiger partial charge < -0.3 is 20.8 Å². The molecule has 0 rings (SSSR count). The molecule has 0 aromatic heterocycles. The molecule has 0 saturated heterocycles. The average molecular weight is 320 g/mol. The van der Waals surface area contributed by atoms with Gasteiger partial charge in [0.15, 0.2) is 0 Å². The van der Waals surface area contributed by atoms with Gasteiger partial charge >= 0.3 is 0 Å². The van der Waals surface area contributed by atoms with Gasteiger partial charge in [-0.2, -0.15) is 11.8 Å². The topological polar surface area (TPSA) is 98.7 Å². The van der Waals surface area contributed by atoms with Crippen LogP contribution in [0.1, 0.15) is 33.1 Å². The maximum Gasteiger partial charge on any atom is 0.249 e. The molecule has 4 N–H and O–H groups in total. The Labute approximate surface area is 131 Å². The Morgan fingerprint density at radius 3 is 2.38 bits per heavy atom. The summed E-state index contributed by atoms with van der Waals surface area (Å²) < 4.78 is 0. The average Bonchev–Trinajstić information content (AvgIpc) is 2.47. The monoisotopic (exact) mass is 320 g/mol. The molecule has 0 aromatic rings. The third-order valence-electron chi connectivity index (χ3n) is 3.12. The number of amides is 2. The second kappa shape index (κ2) is 10.9. The summed E-state index contributed by atoms with van der Waals surface area (Å²) in [4.78, 5) is 23.1. The molecule has 0 heterocycles. The highest BCUT2D eigenvalue weighted by Gasteiger charge is 2.32. The molecule has 0 fully saturated rings. The van der Waals surface area contributed by atoms with Crippen molar-refractivity contribution in [1.29, 1.82) is 0 Å². The highest BCUT2D eigenvalue weighted by Crippen LogP contribution is 2.19. The lowest BCUT2D eigenvalue weighted by Gasteiger charge is -2.27. The zero-order valence-electron chi connectivity index (χ0n) is 13.1. The van der Waals surface area contributed by atoms with E-state index in [2.05, 4.69) is 10.6 Å². The van der Waals surface area contributed by atoms with Gasteiger partial charge in [0.2, 0.25) is 11.8 Å². The fraction of sp³-hybridized carbons (Fsp3) is 0.857. The first-order valence-corrected chi connectivity index (χ1v) is 8.57. The number of aliphatic hydroxyl groups is 2. The molecule has 0 bridgehead atoms. The van der Waals surface area contributed by atoms with Crippen molar-refractivity contribution in [1.82, 2.24) is 10.6 Å². The molecule has 0 aliphatic heterocycles. The minimum Gasteiger partial charge on any atom is -0.396 e. The SMILES string of the molecule is CSCCCNC(=O)CCCNC(=O)[C@H](O)C(C)(C)CO. The number of hydrogen-bond donors (Lipinski definition) is 4. The minimum atomic E-state index is -1.26. The van der Waals surface area contributed by atoms with E-state index in [9.17, 15) is 14.7 Å². The molecule has 124 valence electrons. The van der Waals surface area contributed by atoms with E-state index in [1.807, 2.05) is 6.26 Å². The lowest BCUT2D eigenvalue weighted by molar-refractivity contribution is -0.137. The predicted octanol–water partition coefficient (Wildman–Crippen LogP) is 0.132. The van der Waals surface area contributed by atoms with E-state index in [4.69, 9.17) is 5.11 Å². The molecular formula is C14H28N2O4S. The van der Waals surface area contributed by atoms with Crippen LogP contribution in [0.5, 0.6) is 0 Å². The Balaban J connectivity index is 3.75. The second-order valence-electron chi connectivity index (χ2n) is 5.64. The molecule has 7 heteroatoms. The Bertz CT molecular complexity index is 324. The van der Waals surface area contributed by atoms with Crippen molar-refractivity contribution >= 4 is 23.6 Å². The Morgan fingerprint density at radius 1 is 1.19 bits per heavy atom. The van der Waals surface area contributed by atoms with E-state index >= 15 is 0 Å². The van der Waals surface area contributed by atoms with Crippen LogP contribution >= 0.6 is 11.8 Å². The van der Waals surface area contributed by atoms with Crippen molar-refractivity contribution in [2.75, 3.05) is 31.7 Å². The highest BCUT2D eigenvalue weighted by atomic mass is 32.2. The number of thioether (sulfide) groups is 1. The van der Waals surface area contributed by atoms with Gasteiger partial charge in [0.1, 0.15) is 6.10 Å². The molecule has 0 aliphatic rings. The largest absolute Gasteiger partial charge is 0.396 e. The van der Waals surface area contributed by atoms with Gasteiger partial charge in [-0.15, -0.1) is 0 Å². The Morgan fingerprint density at radius 2 is 1.81 bits per heavy atom. The van der Waals surface area contributed by atoms with Crippen molar-refractivity contribution in [2.24, 2.45) is 5.41 Å². The Kier molecular flexibility index (Phi) is 10.5. The molecule has 21 heavy (non-hydrogen) atoms. The zero-order chi connectivity index (χ0) is 16.3. The van der Waals surface area contributed by atoms with Gasteiger partial charge in [0.05, 0.1) is 6.61 Å². The number of aliphatic hydroxyl groups excluding tert-OH is 2. The lowest BCUT2D eigenvalue weighted by atomic mass is 9.87. The van der Waals surface area contributed by atoms with Crippen molar-refractivity contribution in [2.45, 2.75) is 39.2 Å². The third kappa shape index (κ3) is 8.95. The van der Waals surface area contributed by atoms with Gasteiger partial charge in [-0.1, -0.05) is 13.8 Å². The van der Waals surface area contributed by atoms with E-state index in [1.165, 1.54) is 0 Å². The van der Waals surface area contributed by atoms with E-state index in [0.717, 1.165) is 12.2 Å². The minimum absolute atomic E-state index is 0.0263. The number of nitrogens with one attached hydrogen (secondary N) is 2. The normalized spacial score (nSPS) is 12.8. The molecule has 1 atom stereocenters. The maximum atomic E-state index is 11.7. The Hall–Kier alpha value is -0.790. The summed E-state index contributed by atoms with van der Waals surface area (Å²) in [7, 11) is 0. The van der Waals surface area contributed by atoms with Gasteiger partial charge in [-0.25, -0.2) is 0 Å². The molecule has 0 saturated carbocycles. The lowest BCUT2D eigenvalue weighted by Crippen LogP contribution is -2.45. The van der Waals surface area contributed by atoms with Crippen molar-refractivity contribution in [3.63, 3.8) is 0 Å². The summed E-state index contributed by atoms with van der Waals surface area (Å²) in [6.07, 6.45) is 2.58. The molecule has 0 unspecified atom stereocenters. The molecule has 2 amide bonds.